The van der Waals surface area contributed by atoms with E-state index in [2.05, 4.69) is 10.1 Å². The normalized spacial score (nSPS) is 25.6. The number of para-hydroxylation sites is 1. The molecule has 2 amide bonds. The molecule has 2 aromatic rings. The van der Waals surface area contributed by atoms with E-state index in [-0.39, 0.29) is 52.8 Å². The van der Waals surface area contributed by atoms with Crippen molar-refractivity contribution in [3.8, 4) is 17.4 Å². The summed E-state index contributed by atoms with van der Waals surface area (Å²) in [5.41, 5.74) is 0.280. The van der Waals surface area contributed by atoms with Crippen LogP contribution in [-0.4, -0.2) is 40.1 Å². The summed E-state index contributed by atoms with van der Waals surface area (Å²) in [5, 5.41) is 16.0. The first-order chi connectivity index (χ1) is 15.5. The highest BCUT2D eigenvalue weighted by molar-refractivity contribution is 6.07. The van der Waals surface area contributed by atoms with Crippen LogP contribution in [0, 0.1) is 33.8 Å². The van der Waals surface area contributed by atoms with Gasteiger partial charge in [0, 0.05) is 17.7 Å². The summed E-state index contributed by atoms with van der Waals surface area (Å²) in [7, 11) is 1.46. The van der Waals surface area contributed by atoms with Gasteiger partial charge in [0.25, 0.3) is 17.5 Å². The predicted octanol–water partition coefficient (Wildman–Crippen LogP) is 2.93. The number of imide groups is 1. The van der Waals surface area contributed by atoms with Crippen molar-refractivity contribution in [2.24, 2.45) is 28.8 Å². The Morgan fingerprint density at radius 3 is 2.47 bits per heavy atom. The van der Waals surface area contributed by atoms with E-state index in [1.807, 2.05) is 12.2 Å². The molecule has 0 spiro atoms. The number of aromatic nitrogens is 1. The first kappa shape index (κ1) is 19.9. The minimum atomic E-state index is -0.556. The molecule has 2 aliphatic carbocycles. The van der Waals surface area contributed by atoms with Gasteiger partial charge in [0.15, 0.2) is 11.5 Å². The van der Waals surface area contributed by atoms with E-state index in [1.165, 1.54) is 25.5 Å². The van der Waals surface area contributed by atoms with Crippen molar-refractivity contribution in [1.82, 2.24) is 9.99 Å². The second kappa shape index (κ2) is 7.56. The quantitative estimate of drug-likeness (QED) is 0.225. The molecule has 1 saturated carbocycles. The van der Waals surface area contributed by atoms with Gasteiger partial charge < -0.3 is 9.47 Å². The van der Waals surface area contributed by atoms with Crippen LogP contribution in [0.5, 0.6) is 17.4 Å². The van der Waals surface area contributed by atoms with E-state index >= 15 is 0 Å². The fourth-order valence-corrected chi connectivity index (χ4v) is 4.67. The van der Waals surface area contributed by atoms with Crippen molar-refractivity contribution < 1.29 is 24.0 Å². The number of fused-ring (bicyclic) bond motifs is 5. The van der Waals surface area contributed by atoms with Crippen molar-refractivity contribution in [1.29, 1.82) is 0 Å². The van der Waals surface area contributed by atoms with Gasteiger partial charge in [-0.1, -0.05) is 18.2 Å². The van der Waals surface area contributed by atoms with Crippen molar-refractivity contribution in [2.75, 3.05) is 7.11 Å². The maximum Gasteiger partial charge on any atom is 0.287 e. The maximum absolute atomic E-state index is 12.8. The van der Waals surface area contributed by atoms with Crippen molar-refractivity contribution in [3.05, 3.63) is 64.4 Å². The number of nitrogens with zero attached hydrogens (tertiary/aromatic N) is 4. The number of ether oxygens (including phenoxy) is 2. The number of hydrogen-bond donors (Lipinski definition) is 0. The van der Waals surface area contributed by atoms with Crippen LogP contribution in [-0.2, 0) is 9.59 Å². The minimum Gasteiger partial charge on any atom is -0.493 e. The number of carbonyl (C=O) groups is 2. The van der Waals surface area contributed by atoms with Gasteiger partial charge in [0.2, 0.25) is 5.88 Å². The van der Waals surface area contributed by atoms with Gasteiger partial charge in [-0.05, 0) is 30.4 Å². The monoisotopic (exact) mass is 434 g/mol. The van der Waals surface area contributed by atoms with Crippen LogP contribution in [0.3, 0.4) is 0 Å². The molecule has 0 N–H and O–H groups in total. The second-order valence-electron chi connectivity index (χ2n) is 7.83. The minimum absolute atomic E-state index is 0.102. The Balaban J connectivity index is 1.42. The zero-order valence-electron chi connectivity index (χ0n) is 17.0. The molecule has 10 nitrogen and oxygen atoms in total. The molecule has 1 aromatic carbocycles. The molecular formula is C22H18N4O6. The lowest BCUT2D eigenvalue weighted by Crippen LogP contribution is -2.28. The SMILES string of the molecule is COc1cccc(C=NN2C(=O)[C@@H]3[C@H](C2=O)[C@H]2C=C[C@H]3C2)c1Oc1ccc([N+](=O)[O-])cn1. The van der Waals surface area contributed by atoms with Crippen molar-refractivity contribution >= 4 is 23.7 Å². The van der Waals surface area contributed by atoms with E-state index in [4.69, 9.17) is 9.47 Å². The summed E-state index contributed by atoms with van der Waals surface area (Å²) < 4.78 is 11.2. The Labute approximate surface area is 182 Å². The summed E-state index contributed by atoms with van der Waals surface area (Å²) in [6, 6.07) is 7.70. The standard InChI is InChI=1S/C22H18N4O6/c1-31-16-4-2-3-14(20(16)32-17-8-7-15(11-23-17)26(29)30)10-24-25-21(27)18-12-5-6-13(9-12)19(18)22(25)28/h2-8,10-13,18-19H,9H2,1H3/t12-,13-,18-,19+/m0/s1. The molecule has 32 heavy (non-hydrogen) atoms. The zero-order valence-corrected chi connectivity index (χ0v) is 17.0. The van der Waals surface area contributed by atoms with Crippen molar-refractivity contribution in [2.45, 2.75) is 6.42 Å². The highest BCUT2D eigenvalue weighted by Gasteiger charge is 2.59. The van der Waals surface area contributed by atoms with Crippen LogP contribution in [0.4, 0.5) is 5.69 Å². The summed E-state index contributed by atoms with van der Waals surface area (Å²) in [6.07, 6.45) is 7.35. The summed E-state index contributed by atoms with van der Waals surface area (Å²) >= 11 is 0. The van der Waals surface area contributed by atoms with Gasteiger partial charge in [-0.2, -0.15) is 10.1 Å². The summed E-state index contributed by atoms with van der Waals surface area (Å²) in [5.74, 6) is -0.296. The molecule has 4 atom stereocenters. The van der Waals surface area contributed by atoms with Crippen LogP contribution < -0.4 is 9.47 Å². The Bertz CT molecular complexity index is 1150. The second-order valence-corrected chi connectivity index (χ2v) is 7.83. The molecule has 1 aliphatic heterocycles. The molecule has 1 aromatic heterocycles. The van der Waals surface area contributed by atoms with Crippen LogP contribution in [0.15, 0.2) is 53.8 Å². The molecule has 3 aliphatic rings. The fraction of sp³-hybridized carbons (Fsp3) is 0.273. The van der Waals surface area contributed by atoms with Crippen molar-refractivity contribution in [3.63, 3.8) is 0 Å². The number of pyridine rings is 1. The first-order valence-corrected chi connectivity index (χ1v) is 10.0. The maximum atomic E-state index is 12.8. The third kappa shape index (κ3) is 3.11. The molecular weight excluding hydrogens is 416 g/mol. The molecule has 1 saturated heterocycles. The molecule has 0 unspecified atom stereocenters. The van der Waals surface area contributed by atoms with Crippen LogP contribution in [0.25, 0.3) is 0 Å². The third-order valence-corrected chi connectivity index (χ3v) is 6.13. The highest BCUT2D eigenvalue weighted by Crippen LogP contribution is 2.52. The lowest BCUT2D eigenvalue weighted by atomic mass is 9.85. The molecule has 2 heterocycles. The Morgan fingerprint density at radius 1 is 1.16 bits per heavy atom. The number of amides is 2. The Hall–Kier alpha value is -4.08. The number of hydrazone groups is 1. The summed E-state index contributed by atoms with van der Waals surface area (Å²) in [4.78, 5) is 39.9. The van der Waals surface area contributed by atoms with E-state index in [0.29, 0.717) is 11.3 Å². The summed E-state index contributed by atoms with van der Waals surface area (Å²) in [6.45, 7) is 0. The van der Waals surface area contributed by atoms with Crippen LogP contribution in [0.1, 0.15) is 12.0 Å². The van der Waals surface area contributed by atoms with E-state index in [9.17, 15) is 19.7 Å². The van der Waals surface area contributed by atoms with Gasteiger partial charge in [0.1, 0.15) is 6.20 Å². The zero-order chi connectivity index (χ0) is 22.4. The van der Waals surface area contributed by atoms with Gasteiger partial charge >= 0.3 is 0 Å². The Kier molecular flexibility index (Phi) is 4.69. The number of allylic oxidation sites excluding steroid dienone is 2. The van der Waals surface area contributed by atoms with E-state index < -0.39 is 4.92 Å². The number of benzene rings is 1. The lowest BCUT2D eigenvalue weighted by Gasteiger charge is -2.13. The molecule has 0 radical (unpaired) electrons. The number of rotatable bonds is 6. The molecule has 162 valence electrons. The van der Waals surface area contributed by atoms with E-state index in [0.717, 1.165) is 17.6 Å². The van der Waals surface area contributed by atoms with Gasteiger partial charge in [-0.15, -0.1) is 0 Å². The number of nitro groups is 1. The molecule has 2 fully saturated rings. The molecule has 5 rings (SSSR count). The molecule has 10 heteroatoms. The number of methoxy groups -OCH3 is 1. The van der Waals surface area contributed by atoms with Crippen LogP contribution >= 0.6 is 0 Å². The average molecular weight is 434 g/mol. The number of carbonyl (C=O) groups excluding carboxylic acids is 2. The largest absolute Gasteiger partial charge is 0.493 e. The van der Waals surface area contributed by atoms with Gasteiger partial charge in [0.05, 0.1) is 30.1 Å². The van der Waals surface area contributed by atoms with Crippen LogP contribution in [0.2, 0.25) is 0 Å². The highest BCUT2D eigenvalue weighted by atomic mass is 16.6. The van der Waals surface area contributed by atoms with E-state index in [1.54, 1.807) is 18.2 Å². The predicted molar refractivity (Wildman–Crippen MR) is 111 cm³/mol. The lowest BCUT2D eigenvalue weighted by molar-refractivity contribution is -0.385. The Morgan fingerprint density at radius 2 is 1.88 bits per heavy atom. The average Bonchev–Trinajstić information content (AvgIpc) is 3.48. The fourth-order valence-electron chi connectivity index (χ4n) is 4.67. The van der Waals surface area contributed by atoms with Gasteiger partial charge in [-0.25, -0.2) is 4.98 Å². The molecule has 2 bridgehead atoms. The topological polar surface area (TPSA) is 124 Å². The third-order valence-electron chi connectivity index (χ3n) is 6.13. The number of hydrogen-bond acceptors (Lipinski definition) is 8. The smallest absolute Gasteiger partial charge is 0.287 e. The van der Waals surface area contributed by atoms with Gasteiger partial charge in [-0.3, -0.25) is 19.7 Å². The first-order valence-electron chi connectivity index (χ1n) is 10.0.